The Morgan fingerprint density at radius 1 is 1.16 bits per heavy atom. The average molecular weight is 254 g/mol. The van der Waals surface area contributed by atoms with Crippen LogP contribution in [0.4, 0.5) is 0 Å². The Bertz CT molecular complexity index is 674. The molecule has 1 aromatic carbocycles. The molecule has 0 amide bonds. The van der Waals surface area contributed by atoms with Gasteiger partial charge in [-0.3, -0.25) is 0 Å². The molecular weight excluding hydrogens is 232 g/mol. The molecule has 2 nitrogen and oxygen atoms in total. The topological polar surface area (TPSA) is 17.0 Å². The lowest BCUT2D eigenvalue weighted by molar-refractivity contribution is 0.738. The number of benzene rings is 1. The van der Waals surface area contributed by atoms with Gasteiger partial charge < -0.3 is 9.88 Å². The number of nitrogens with one attached hydrogen (secondary N) is 1. The second-order valence-electron chi connectivity index (χ2n) is 5.68. The van der Waals surface area contributed by atoms with Crippen LogP contribution in [0, 0.1) is 20.8 Å². The summed E-state index contributed by atoms with van der Waals surface area (Å²) in [6.07, 6.45) is 3.48. The van der Waals surface area contributed by atoms with Gasteiger partial charge in [-0.15, -0.1) is 0 Å². The van der Waals surface area contributed by atoms with Crippen molar-refractivity contribution in [3.05, 3.63) is 40.6 Å². The van der Waals surface area contributed by atoms with E-state index in [1.54, 1.807) is 0 Å². The van der Waals surface area contributed by atoms with Crippen molar-refractivity contribution in [1.82, 2.24) is 9.88 Å². The Balaban J connectivity index is 2.35. The molecule has 0 bridgehead atoms. The first kappa shape index (κ1) is 12.5. The molecule has 0 unspecified atom stereocenters. The lowest BCUT2D eigenvalue weighted by Gasteiger charge is -2.15. The summed E-state index contributed by atoms with van der Waals surface area (Å²) in [6, 6.07) is 4.62. The van der Waals surface area contributed by atoms with Crippen LogP contribution in [0.15, 0.2) is 18.2 Å². The largest absolute Gasteiger partial charge is 0.347 e. The SMILES string of the molecule is Cc1cc(C)c2c(c1)c(C1=CCNCC1)c(C)n2C. The third kappa shape index (κ3) is 1.91. The van der Waals surface area contributed by atoms with Gasteiger partial charge in [0, 0.05) is 30.2 Å². The fourth-order valence-corrected chi connectivity index (χ4v) is 3.38. The number of aryl methyl sites for hydroxylation is 3. The first-order valence-corrected chi connectivity index (χ1v) is 7.06. The van der Waals surface area contributed by atoms with E-state index in [9.17, 15) is 0 Å². The third-order valence-electron chi connectivity index (χ3n) is 4.30. The van der Waals surface area contributed by atoms with E-state index in [1.165, 1.54) is 38.9 Å². The summed E-state index contributed by atoms with van der Waals surface area (Å²) in [5, 5.41) is 4.82. The second-order valence-corrected chi connectivity index (χ2v) is 5.68. The zero-order chi connectivity index (χ0) is 13.6. The number of fused-ring (bicyclic) bond motifs is 1. The molecule has 2 heteroatoms. The van der Waals surface area contributed by atoms with Gasteiger partial charge in [-0.1, -0.05) is 17.7 Å². The van der Waals surface area contributed by atoms with Crippen LogP contribution in [0.2, 0.25) is 0 Å². The molecule has 0 fully saturated rings. The van der Waals surface area contributed by atoms with Crippen molar-refractivity contribution in [1.29, 1.82) is 0 Å². The van der Waals surface area contributed by atoms with Crippen molar-refractivity contribution < 1.29 is 0 Å². The lowest BCUT2D eigenvalue weighted by atomic mass is 9.96. The van der Waals surface area contributed by atoms with Crippen LogP contribution >= 0.6 is 0 Å². The number of hydrogen-bond acceptors (Lipinski definition) is 1. The van der Waals surface area contributed by atoms with Gasteiger partial charge in [0.2, 0.25) is 0 Å². The van der Waals surface area contributed by atoms with Crippen molar-refractivity contribution in [2.45, 2.75) is 27.2 Å². The highest BCUT2D eigenvalue weighted by Gasteiger charge is 2.18. The Morgan fingerprint density at radius 3 is 2.63 bits per heavy atom. The zero-order valence-corrected chi connectivity index (χ0v) is 12.3. The molecule has 0 radical (unpaired) electrons. The summed E-state index contributed by atoms with van der Waals surface area (Å²) in [5.74, 6) is 0. The van der Waals surface area contributed by atoms with Gasteiger partial charge in [0.05, 0.1) is 5.52 Å². The number of hydrogen-bond donors (Lipinski definition) is 1. The van der Waals surface area contributed by atoms with Crippen molar-refractivity contribution in [3.8, 4) is 0 Å². The fourth-order valence-electron chi connectivity index (χ4n) is 3.38. The molecule has 2 heterocycles. The van der Waals surface area contributed by atoms with E-state index in [1.807, 2.05) is 0 Å². The number of rotatable bonds is 1. The third-order valence-corrected chi connectivity index (χ3v) is 4.30. The van der Waals surface area contributed by atoms with E-state index < -0.39 is 0 Å². The van der Waals surface area contributed by atoms with Gasteiger partial charge in [-0.2, -0.15) is 0 Å². The molecule has 100 valence electrons. The highest BCUT2D eigenvalue weighted by atomic mass is 14.9. The van der Waals surface area contributed by atoms with Gasteiger partial charge in [0.15, 0.2) is 0 Å². The van der Waals surface area contributed by atoms with E-state index in [0.29, 0.717) is 0 Å². The molecule has 0 saturated heterocycles. The van der Waals surface area contributed by atoms with Crippen LogP contribution in [0.25, 0.3) is 16.5 Å². The van der Waals surface area contributed by atoms with Crippen molar-refractivity contribution in [2.24, 2.45) is 7.05 Å². The van der Waals surface area contributed by atoms with Gasteiger partial charge in [-0.25, -0.2) is 0 Å². The standard InChI is InChI=1S/C17H22N2/c1-11-9-12(2)17-15(10-11)16(13(3)19(17)4)14-5-7-18-8-6-14/h5,9-10,18H,6-8H2,1-4H3. The maximum Gasteiger partial charge on any atom is 0.0516 e. The summed E-state index contributed by atoms with van der Waals surface area (Å²) < 4.78 is 2.35. The minimum Gasteiger partial charge on any atom is -0.347 e. The first-order chi connectivity index (χ1) is 9.09. The molecule has 3 rings (SSSR count). The monoisotopic (exact) mass is 254 g/mol. The maximum absolute atomic E-state index is 3.40. The molecule has 0 atom stereocenters. The average Bonchev–Trinajstić information content (AvgIpc) is 2.63. The van der Waals surface area contributed by atoms with Gasteiger partial charge in [-0.05, 0) is 50.9 Å². The van der Waals surface area contributed by atoms with Crippen LogP contribution in [0.3, 0.4) is 0 Å². The molecule has 0 saturated carbocycles. The molecular formula is C17H22N2. The quantitative estimate of drug-likeness (QED) is 0.824. The van der Waals surface area contributed by atoms with E-state index in [2.05, 4.69) is 55.9 Å². The molecule has 2 aromatic rings. The van der Waals surface area contributed by atoms with Crippen molar-refractivity contribution in [2.75, 3.05) is 13.1 Å². The number of nitrogens with zero attached hydrogens (tertiary/aromatic N) is 1. The second kappa shape index (κ2) is 4.53. The summed E-state index contributed by atoms with van der Waals surface area (Å²) in [7, 11) is 2.19. The van der Waals surface area contributed by atoms with Gasteiger partial charge in [0.25, 0.3) is 0 Å². The van der Waals surface area contributed by atoms with Crippen molar-refractivity contribution in [3.63, 3.8) is 0 Å². The predicted molar refractivity (Wildman–Crippen MR) is 82.6 cm³/mol. The van der Waals surface area contributed by atoms with Crippen LogP contribution < -0.4 is 5.32 Å². The first-order valence-electron chi connectivity index (χ1n) is 7.06. The highest BCUT2D eigenvalue weighted by Crippen LogP contribution is 2.35. The smallest absolute Gasteiger partial charge is 0.0516 e. The molecule has 1 aliphatic rings. The van der Waals surface area contributed by atoms with Gasteiger partial charge in [0.1, 0.15) is 0 Å². The Morgan fingerprint density at radius 2 is 1.95 bits per heavy atom. The van der Waals surface area contributed by atoms with E-state index in [-0.39, 0.29) is 0 Å². The van der Waals surface area contributed by atoms with Crippen LogP contribution in [-0.4, -0.2) is 17.7 Å². The Hall–Kier alpha value is -1.54. The molecule has 19 heavy (non-hydrogen) atoms. The lowest BCUT2D eigenvalue weighted by Crippen LogP contribution is -2.20. The van der Waals surface area contributed by atoms with E-state index in [4.69, 9.17) is 0 Å². The van der Waals surface area contributed by atoms with E-state index in [0.717, 1.165) is 19.5 Å². The van der Waals surface area contributed by atoms with Crippen LogP contribution in [0.5, 0.6) is 0 Å². The molecule has 1 aromatic heterocycles. The van der Waals surface area contributed by atoms with Crippen LogP contribution in [-0.2, 0) is 7.05 Å². The minimum atomic E-state index is 0.996. The summed E-state index contributed by atoms with van der Waals surface area (Å²) >= 11 is 0. The maximum atomic E-state index is 3.40. The Labute approximate surface area is 115 Å². The minimum absolute atomic E-state index is 0.996. The molecule has 1 aliphatic heterocycles. The number of aromatic nitrogens is 1. The summed E-state index contributed by atoms with van der Waals surface area (Å²) in [6.45, 7) is 8.74. The normalized spacial score (nSPS) is 15.9. The van der Waals surface area contributed by atoms with E-state index >= 15 is 0 Å². The summed E-state index contributed by atoms with van der Waals surface area (Å²) in [5.41, 5.74) is 8.47. The Kier molecular flexibility index (Phi) is 2.98. The molecule has 1 N–H and O–H groups in total. The van der Waals surface area contributed by atoms with Crippen molar-refractivity contribution >= 4 is 16.5 Å². The van der Waals surface area contributed by atoms with Gasteiger partial charge >= 0.3 is 0 Å². The zero-order valence-electron chi connectivity index (χ0n) is 12.3. The molecule has 0 aliphatic carbocycles. The molecule has 0 spiro atoms. The predicted octanol–water partition coefficient (Wildman–Crippen LogP) is 3.48. The highest BCUT2D eigenvalue weighted by molar-refractivity contribution is 5.97. The van der Waals surface area contributed by atoms with Crippen LogP contribution in [0.1, 0.15) is 28.8 Å². The summed E-state index contributed by atoms with van der Waals surface area (Å²) in [4.78, 5) is 0. The fraction of sp³-hybridized carbons (Fsp3) is 0.412.